The minimum absolute atomic E-state index is 0.0990. The van der Waals surface area contributed by atoms with Gasteiger partial charge in [-0.25, -0.2) is 0 Å². The second kappa shape index (κ2) is 14.8. The molecule has 0 bridgehead atoms. The predicted octanol–water partition coefficient (Wildman–Crippen LogP) is 17.7. The van der Waals surface area contributed by atoms with Crippen LogP contribution in [0.5, 0.6) is 0 Å². The molecule has 1 nitrogen and oxygen atoms in total. The van der Waals surface area contributed by atoms with Gasteiger partial charge in [-0.05, 0) is 114 Å². The van der Waals surface area contributed by atoms with E-state index in [0.717, 1.165) is 17.1 Å². The zero-order chi connectivity index (χ0) is 42.1. The first-order valence-corrected chi connectivity index (χ1v) is 22.7. The summed E-state index contributed by atoms with van der Waals surface area (Å²) in [7, 11) is 0. The SMILES string of the molecule is CC1(C)c2ccccc2-c2c(-c3ccccc3N(c3ccc(-c4cccc5cccc(-c6ccccc6)c45)cc3)c3cccc(-c4ccc5c(c4)sc4ccccc45)c3)cccc21. The number of fused-ring (bicyclic) bond motifs is 7. The first-order chi connectivity index (χ1) is 31.0. The standard InChI is InChI=1S/C61H43NS/c1-61(2)54-28-9-6-24-53(54)60-52(27-15-29-55(60)61)49-22-7-10-30-56(49)62(46-21-12-20-43(38-46)44-34-37-51-50-23-8-11-31-57(50)63-58(51)39-44)45-35-32-41(33-36-45)48-26-14-19-42-18-13-25-47(59(42)48)40-16-4-3-5-17-40/h3-39H,1-2H3. The quantitative estimate of drug-likeness (QED) is 0.155. The molecule has 0 radical (unpaired) electrons. The molecule has 0 saturated carbocycles. The van der Waals surface area contributed by atoms with Crippen molar-refractivity contribution in [1.29, 1.82) is 0 Å². The molecular formula is C61H43NS. The number of anilines is 3. The van der Waals surface area contributed by atoms with Crippen LogP contribution in [-0.4, -0.2) is 0 Å². The van der Waals surface area contributed by atoms with Crippen molar-refractivity contribution in [3.05, 3.63) is 236 Å². The van der Waals surface area contributed by atoms with E-state index in [1.54, 1.807) is 0 Å². The average Bonchev–Trinajstić information content (AvgIpc) is 3.83. The van der Waals surface area contributed by atoms with Gasteiger partial charge in [-0.1, -0.05) is 196 Å². The van der Waals surface area contributed by atoms with Crippen LogP contribution in [0, 0.1) is 0 Å². The molecule has 0 aliphatic heterocycles. The lowest BCUT2D eigenvalue weighted by atomic mass is 9.82. The minimum atomic E-state index is -0.0990. The van der Waals surface area contributed by atoms with Crippen LogP contribution in [-0.2, 0) is 5.41 Å². The zero-order valence-corrected chi connectivity index (χ0v) is 36.0. The van der Waals surface area contributed by atoms with Crippen LogP contribution >= 0.6 is 11.3 Å². The van der Waals surface area contributed by atoms with Crippen molar-refractivity contribution in [2.45, 2.75) is 19.3 Å². The lowest BCUT2D eigenvalue weighted by Crippen LogP contribution is -2.14. The molecule has 0 atom stereocenters. The fourth-order valence-corrected chi connectivity index (χ4v) is 11.4. The van der Waals surface area contributed by atoms with E-state index in [-0.39, 0.29) is 5.41 Å². The Kier molecular flexibility index (Phi) is 8.77. The molecule has 0 fully saturated rings. The van der Waals surface area contributed by atoms with Crippen molar-refractivity contribution >= 4 is 59.3 Å². The Morgan fingerprint density at radius 1 is 0.365 bits per heavy atom. The Morgan fingerprint density at radius 3 is 1.76 bits per heavy atom. The van der Waals surface area contributed by atoms with Gasteiger partial charge in [0.05, 0.1) is 5.69 Å². The smallest absolute Gasteiger partial charge is 0.0540 e. The van der Waals surface area contributed by atoms with E-state index in [0.29, 0.717) is 0 Å². The van der Waals surface area contributed by atoms with E-state index in [4.69, 9.17) is 0 Å². The second-order valence-electron chi connectivity index (χ2n) is 17.2. The normalized spacial score (nSPS) is 12.7. The second-order valence-corrected chi connectivity index (χ2v) is 18.3. The summed E-state index contributed by atoms with van der Waals surface area (Å²) in [5, 5.41) is 5.14. The molecule has 0 saturated heterocycles. The van der Waals surface area contributed by atoms with Gasteiger partial charge in [-0.15, -0.1) is 11.3 Å². The van der Waals surface area contributed by atoms with E-state index >= 15 is 0 Å². The molecule has 1 aliphatic rings. The average molecular weight is 822 g/mol. The van der Waals surface area contributed by atoms with E-state index in [9.17, 15) is 0 Å². The molecule has 1 heterocycles. The summed E-state index contributed by atoms with van der Waals surface area (Å²) in [6, 6.07) is 82.9. The number of thiophene rings is 1. The van der Waals surface area contributed by atoms with Crippen molar-refractivity contribution in [2.24, 2.45) is 0 Å². The first kappa shape index (κ1) is 37.3. The predicted molar refractivity (Wildman–Crippen MR) is 271 cm³/mol. The van der Waals surface area contributed by atoms with Crippen molar-refractivity contribution in [3.63, 3.8) is 0 Å². The Bertz CT molecular complexity index is 3530. The number of rotatable bonds is 7. The third-order valence-electron chi connectivity index (χ3n) is 13.3. The molecule has 0 N–H and O–H groups in total. The summed E-state index contributed by atoms with van der Waals surface area (Å²) in [5.74, 6) is 0. The van der Waals surface area contributed by atoms with Gasteiger partial charge in [0.25, 0.3) is 0 Å². The van der Waals surface area contributed by atoms with Crippen LogP contribution in [0.25, 0.3) is 86.6 Å². The van der Waals surface area contributed by atoms with Crippen LogP contribution in [0.4, 0.5) is 17.1 Å². The Balaban J connectivity index is 1.04. The van der Waals surface area contributed by atoms with Crippen molar-refractivity contribution in [2.75, 3.05) is 4.90 Å². The van der Waals surface area contributed by atoms with Gasteiger partial charge >= 0.3 is 0 Å². The van der Waals surface area contributed by atoms with Crippen LogP contribution < -0.4 is 4.90 Å². The largest absolute Gasteiger partial charge is 0.310 e. The summed E-state index contributed by atoms with van der Waals surface area (Å²) in [6.45, 7) is 4.73. The lowest BCUT2D eigenvalue weighted by molar-refractivity contribution is 0.660. The molecule has 2 heteroatoms. The maximum atomic E-state index is 2.46. The molecule has 1 aromatic heterocycles. The summed E-state index contributed by atoms with van der Waals surface area (Å²) in [6.07, 6.45) is 0. The van der Waals surface area contributed by atoms with Gasteiger partial charge in [-0.3, -0.25) is 0 Å². The third-order valence-corrected chi connectivity index (χ3v) is 14.4. The Hall–Kier alpha value is -7.52. The number of hydrogen-bond donors (Lipinski definition) is 0. The molecule has 1 aliphatic carbocycles. The molecule has 298 valence electrons. The van der Waals surface area contributed by atoms with Gasteiger partial charge in [0.2, 0.25) is 0 Å². The van der Waals surface area contributed by atoms with Gasteiger partial charge < -0.3 is 4.90 Å². The minimum Gasteiger partial charge on any atom is -0.310 e. The lowest BCUT2D eigenvalue weighted by Gasteiger charge is -2.29. The molecule has 11 aromatic rings. The fraction of sp³-hybridized carbons (Fsp3) is 0.0492. The maximum Gasteiger partial charge on any atom is 0.0540 e. The third kappa shape index (κ3) is 6.13. The summed E-state index contributed by atoms with van der Waals surface area (Å²) >= 11 is 1.87. The summed E-state index contributed by atoms with van der Waals surface area (Å²) in [4.78, 5) is 2.46. The van der Waals surface area contributed by atoms with E-state index in [2.05, 4.69) is 243 Å². The monoisotopic (exact) mass is 821 g/mol. The van der Waals surface area contributed by atoms with Crippen molar-refractivity contribution < 1.29 is 0 Å². The highest BCUT2D eigenvalue weighted by Gasteiger charge is 2.37. The molecule has 63 heavy (non-hydrogen) atoms. The van der Waals surface area contributed by atoms with Gasteiger partial charge in [0.1, 0.15) is 0 Å². The number of hydrogen-bond acceptors (Lipinski definition) is 2. The van der Waals surface area contributed by atoms with E-state index in [1.807, 2.05) is 11.3 Å². The molecule has 10 aromatic carbocycles. The molecule has 0 spiro atoms. The van der Waals surface area contributed by atoms with Crippen molar-refractivity contribution in [3.8, 4) is 55.6 Å². The topological polar surface area (TPSA) is 3.24 Å². The summed E-state index contributed by atoms with van der Waals surface area (Å²) < 4.78 is 2.63. The molecule has 12 rings (SSSR count). The van der Waals surface area contributed by atoms with Crippen LogP contribution in [0.2, 0.25) is 0 Å². The Labute approximate surface area is 372 Å². The highest BCUT2D eigenvalue weighted by atomic mass is 32.1. The maximum absolute atomic E-state index is 2.46. The molecule has 0 unspecified atom stereocenters. The molecule has 0 amide bonds. The number of benzene rings is 10. The van der Waals surface area contributed by atoms with Gasteiger partial charge in [0, 0.05) is 42.5 Å². The van der Waals surface area contributed by atoms with Crippen LogP contribution in [0.1, 0.15) is 25.0 Å². The highest BCUT2D eigenvalue weighted by molar-refractivity contribution is 7.25. The van der Waals surface area contributed by atoms with Gasteiger partial charge in [-0.2, -0.15) is 0 Å². The van der Waals surface area contributed by atoms with Crippen LogP contribution in [0.3, 0.4) is 0 Å². The Morgan fingerprint density at radius 2 is 0.937 bits per heavy atom. The zero-order valence-electron chi connectivity index (χ0n) is 35.2. The van der Waals surface area contributed by atoms with Crippen LogP contribution in [0.15, 0.2) is 224 Å². The fourth-order valence-electron chi connectivity index (χ4n) is 10.3. The molecular weight excluding hydrogens is 779 g/mol. The first-order valence-electron chi connectivity index (χ1n) is 21.8. The van der Waals surface area contributed by atoms with Crippen molar-refractivity contribution in [1.82, 2.24) is 0 Å². The van der Waals surface area contributed by atoms with E-state index < -0.39 is 0 Å². The highest BCUT2D eigenvalue weighted by Crippen LogP contribution is 2.54. The number of para-hydroxylation sites is 1. The number of nitrogens with zero attached hydrogens (tertiary/aromatic N) is 1. The summed E-state index contributed by atoms with van der Waals surface area (Å²) in [5.41, 5.74) is 18.4. The van der Waals surface area contributed by atoms with E-state index in [1.165, 1.54) is 97.7 Å². The van der Waals surface area contributed by atoms with Gasteiger partial charge in [0.15, 0.2) is 0 Å².